The van der Waals surface area contributed by atoms with Crippen molar-refractivity contribution in [3.05, 3.63) is 36.0 Å². The maximum Gasteiger partial charge on any atom is 0.222 e. The highest BCUT2D eigenvalue weighted by Gasteiger charge is 2.26. The zero-order valence-corrected chi connectivity index (χ0v) is 13.3. The van der Waals surface area contributed by atoms with E-state index in [9.17, 15) is 9.59 Å². The molecule has 0 saturated carbocycles. The summed E-state index contributed by atoms with van der Waals surface area (Å²) in [5.74, 6) is -0.335. The number of hydrogen-bond donors (Lipinski definition) is 2. The number of benzene rings is 1. The Labute approximate surface area is 135 Å². The molecule has 23 heavy (non-hydrogen) atoms. The van der Waals surface area contributed by atoms with Gasteiger partial charge in [-0.1, -0.05) is 18.2 Å². The Bertz CT molecular complexity index is 707. The van der Waals surface area contributed by atoms with Crippen molar-refractivity contribution in [2.75, 3.05) is 13.1 Å². The Morgan fingerprint density at radius 3 is 2.96 bits per heavy atom. The predicted molar refractivity (Wildman–Crippen MR) is 89.7 cm³/mol. The molecule has 1 aromatic carbocycles. The van der Waals surface area contributed by atoms with Gasteiger partial charge in [0.2, 0.25) is 11.8 Å². The Morgan fingerprint density at radius 1 is 1.30 bits per heavy atom. The number of nitrogens with two attached hydrogens (primary N) is 1. The number of aromatic amines is 1. The van der Waals surface area contributed by atoms with Gasteiger partial charge in [-0.05, 0) is 37.3 Å². The third-order valence-corrected chi connectivity index (χ3v) is 4.69. The number of nitrogens with zero attached hydrogens (tertiary/aromatic N) is 1. The van der Waals surface area contributed by atoms with E-state index in [1.165, 1.54) is 10.9 Å². The molecule has 1 aliphatic rings. The van der Waals surface area contributed by atoms with Gasteiger partial charge in [0.05, 0.1) is 5.92 Å². The van der Waals surface area contributed by atoms with Gasteiger partial charge in [0.25, 0.3) is 0 Å². The van der Waals surface area contributed by atoms with E-state index in [-0.39, 0.29) is 17.7 Å². The summed E-state index contributed by atoms with van der Waals surface area (Å²) in [4.78, 5) is 28.7. The summed E-state index contributed by atoms with van der Waals surface area (Å²) in [7, 11) is 0. The van der Waals surface area contributed by atoms with E-state index in [4.69, 9.17) is 5.73 Å². The van der Waals surface area contributed by atoms with Gasteiger partial charge in [0.1, 0.15) is 0 Å². The van der Waals surface area contributed by atoms with Crippen molar-refractivity contribution in [3.8, 4) is 0 Å². The first-order valence-electron chi connectivity index (χ1n) is 8.27. The molecular formula is C18H23N3O2. The van der Waals surface area contributed by atoms with Crippen LogP contribution in [0.5, 0.6) is 0 Å². The zero-order chi connectivity index (χ0) is 16.2. The second-order valence-electron chi connectivity index (χ2n) is 6.29. The molecule has 5 heteroatoms. The molecule has 122 valence electrons. The Morgan fingerprint density at radius 2 is 2.13 bits per heavy atom. The van der Waals surface area contributed by atoms with Crippen LogP contribution in [0.3, 0.4) is 0 Å². The molecule has 0 aliphatic carbocycles. The number of rotatable bonds is 5. The van der Waals surface area contributed by atoms with Crippen LogP contribution in [0, 0.1) is 5.92 Å². The molecule has 1 aliphatic heterocycles. The van der Waals surface area contributed by atoms with Gasteiger partial charge >= 0.3 is 0 Å². The van der Waals surface area contributed by atoms with E-state index in [1.807, 2.05) is 18.3 Å². The van der Waals surface area contributed by atoms with Gasteiger partial charge in [0, 0.05) is 36.6 Å². The topological polar surface area (TPSA) is 79.2 Å². The summed E-state index contributed by atoms with van der Waals surface area (Å²) in [6.45, 7) is 1.23. The molecule has 2 amide bonds. The molecule has 1 saturated heterocycles. The smallest absolute Gasteiger partial charge is 0.222 e. The van der Waals surface area contributed by atoms with Gasteiger partial charge in [0.15, 0.2) is 0 Å². The van der Waals surface area contributed by atoms with Crippen molar-refractivity contribution in [3.63, 3.8) is 0 Å². The Kier molecular flexibility index (Phi) is 4.65. The molecule has 1 atom stereocenters. The van der Waals surface area contributed by atoms with Crippen LogP contribution in [0.2, 0.25) is 0 Å². The normalized spacial score (nSPS) is 18.3. The van der Waals surface area contributed by atoms with Gasteiger partial charge in [-0.2, -0.15) is 0 Å². The fraction of sp³-hybridized carbons (Fsp3) is 0.444. The summed E-state index contributed by atoms with van der Waals surface area (Å²) < 4.78 is 0. The van der Waals surface area contributed by atoms with E-state index in [1.54, 1.807) is 4.90 Å². The lowest BCUT2D eigenvalue weighted by atomic mass is 9.97. The van der Waals surface area contributed by atoms with Crippen LogP contribution >= 0.6 is 0 Å². The molecule has 1 fully saturated rings. The third-order valence-electron chi connectivity index (χ3n) is 4.69. The van der Waals surface area contributed by atoms with E-state index < -0.39 is 0 Å². The van der Waals surface area contributed by atoms with Crippen molar-refractivity contribution in [1.29, 1.82) is 0 Å². The fourth-order valence-corrected chi connectivity index (χ4v) is 3.36. The fourth-order valence-electron chi connectivity index (χ4n) is 3.36. The maximum atomic E-state index is 12.3. The number of aromatic nitrogens is 1. The first kappa shape index (κ1) is 15.6. The van der Waals surface area contributed by atoms with Crippen LogP contribution in [0.1, 0.15) is 31.2 Å². The molecule has 0 radical (unpaired) electrons. The van der Waals surface area contributed by atoms with Crippen LogP contribution < -0.4 is 5.73 Å². The number of likely N-dealkylation sites (tertiary alicyclic amines) is 1. The lowest BCUT2D eigenvalue weighted by molar-refractivity contribution is -0.135. The Balaban J connectivity index is 1.52. The number of nitrogens with one attached hydrogen (secondary N) is 1. The van der Waals surface area contributed by atoms with E-state index in [0.29, 0.717) is 13.0 Å². The molecule has 1 aromatic heterocycles. The summed E-state index contributed by atoms with van der Waals surface area (Å²) in [5, 5.41) is 1.23. The zero-order valence-electron chi connectivity index (χ0n) is 13.3. The van der Waals surface area contributed by atoms with E-state index in [2.05, 4.69) is 17.1 Å². The van der Waals surface area contributed by atoms with Crippen molar-refractivity contribution >= 4 is 22.7 Å². The molecule has 0 bridgehead atoms. The second kappa shape index (κ2) is 6.86. The number of amides is 2. The van der Waals surface area contributed by atoms with Gasteiger partial charge in [-0.15, -0.1) is 0 Å². The molecule has 3 N–H and O–H groups in total. The molecule has 0 spiro atoms. The third kappa shape index (κ3) is 3.55. The Hall–Kier alpha value is -2.30. The summed E-state index contributed by atoms with van der Waals surface area (Å²) >= 11 is 0. The lowest BCUT2D eigenvalue weighted by Gasteiger charge is -2.31. The lowest BCUT2D eigenvalue weighted by Crippen LogP contribution is -2.44. The average molecular weight is 313 g/mol. The van der Waals surface area contributed by atoms with Crippen LogP contribution in [0.25, 0.3) is 10.9 Å². The number of fused-ring (bicyclic) bond motifs is 1. The summed E-state index contributed by atoms with van der Waals surface area (Å²) in [5.41, 5.74) is 7.75. The standard InChI is InChI=1S/C18H23N3O2/c19-18(23)14-6-4-10-21(12-14)17(22)9-3-5-13-11-20-16-8-2-1-7-15(13)16/h1-2,7-8,11,14,20H,3-6,9-10,12H2,(H2,19,23). The van der Waals surface area contributed by atoms with E-state index in [0.717, 1.165) is 37.7 Å². The molecule has 5 nitrogen and oxygen atoms in total. The largest absolute Gasteiger partial charge is 0.369 e. The van der Waals surface area contributed by atoms with Crippen LogP contribution in [0.4, 0.5) is 0 Å². The van der Waals surface area contributed by atoms with Crippen molar-refractivity contribution in [2.45, 2.75) is 32.1 Å². The first-order chi connectivity index (χ1) is 11.1. The highest BCUT2D eigenvalue weighted by atomic mass is 16.2. The van der Waals surface area contributed by atoms with E-state index >= 15 is 0 Å². The number of carbonyl (C=O) groups excluding carboxylic acids is 2. The number of para-hydroxylation sites is 1. The molecular weight excluding hydrogens is 290 g/mol. The summed E-state index contributed by atoms with van der Waals surface area (Å²) in [6, 6.07) is 8.20. The molecule has 2 aromatic rings. The van der Waals surface area contributed by atoms with Gasteiger partial charge in [-0.25, -0.2) is 0 Å². The van der Waals surface area contributed by atoms with Crippen LogP contribution in [-0.2, 0) is 16.0 Å². The minimum absolute atomic E-state index is 0.135. The molecule has 1 unspecified atom stereocenters. The van der Waals surface area contributed by atoms with Gasteiger partial charge < -0.3 is 15.6 Å². The SMILES string of the molecule is NC(=O)C1CCCN(C(=O)CCCc2c[nH]c3ccccc23)C1. The minimum Gasteiger partial charge on any atom is -0.369 e. The van der Waals surface area contributed by atoms with Crippen molar-refractivity contribution in [1.82, 2.24) is 9.88 Å². The maximum absolute atomic E-state index is 12.3. The highest BCUT2D eigenvalue weighted by Crippen LogP contribution is 2.21. The number of piperidine rings is 1. The minimum atomic E-state index is -0.290. The monoisotopic (exact) mass is 313 g/mol. The average Bonchev–Trinajstić information content (AvgIpc) is 2.98. The number of hydrogen-bond acceptors (Lipinski definition) is 2. The quantitative estimate of drug-likeness (QED) is 0.887. The highest BCUT2D eigenvalue weighted by molar-refractivity contribution is 5.83. The first-order valence-corrected chi connectivity index (χ1v) is 8.27. The number of primary amides is 1. The van der Waals surface area contributed by atoms with Crippen molar-refractivity contribution < 1.29 is 9.59 Å². The molecule has 3 rings (SSSR count). The van der Waals surface area contributed by atoms with Crippen LogP contribution in [-0.4, -0.2) is 34.8 Å². The number of H-pyrrole nitrogens is 1. The molecule has 2 heterocycles. The summed E-state index contributed by atoms with van der Waals surface area (Å²) in [6.07, 6.45) is 5.90. The van der Waals surface area contributed by atoms with Crippen molar-refractivity contribution in [2.24, 2.45) is 11.7 Å². The van der Waals surface area contributed by atoms with Gasteiger partial charge in [-0.3, -0.25) is 9.59 Å². The van der Waals surface area contributed by atoms with Crippen LogP contribution in [0.15, 0.2) is 30.5 Å². The predicted octanol–water partition coefficient (Wildman–Crippen LogP) is 2.21. The number of carbonyl (C=O) groups is 2. The second-order valence-corrected chi connectivity index (χ2v) is 6.29. The number of aryl methyl sites for hydroxylation is 1.